The second kappa shape index (κ2) is 6.67. The molecule has 0 atom stereocenters. The molecule has 6 heteroatoms. The number of aromatic nitrogens is 2. The van der Waals surface area contributed by atoms with E-state index >= 15 is 0 Å². The molecule has 0 bridgehead atoms. The van der Waals surface area contributed by atoms with Gasteiger partial charge < -0.3 is 10.6 Å². The van der Waals surface area contributed by atoms with Crippen LogP contribution < -0.4 is 10.6 Å². The predicted molar refractivity (Wildman–Crippen MR) is 82.4 cm³/mol. The third kappa shape index (κ3) is 4.18. The highest BCUT2D eigenvalue weighted by molar-refractivity contribution is 9.10. The van der Waals surface area contributed by atoms with Crippen molar-refractivity contribution < 1.29 is 4.79 Å². The molecule has 1 amide bonds. The Hall–Kier alpha value is -1.66. The number of rotatable bonds is 5. The minimum Gasteiger partial charge on any atom is -0.325 e. The number of carbonyl (C=O) groups excluding carboxylic acids is 1. The lowest BCUT2D eigenvalue weighted by atomic mass is 10.2. The van der Waals surface area contributed by atoms with Crippen LogP contribution in [0.4, 0.5) is 5.69 Å². The number of anilines is 1. The molecule has 0 fully saturated rings. The van der Waals surface area contributed by atoms with Crippen LogP contribution in [0.3, 0.4) is 0 Å². The first-order valence-electron chi connectivity index (χ1n) is 6.30. The van der Waals surface area contributed by atoms with Gasteiger partial charge in [-0.1, -0.05) is 22.0 Å². The predicted octanol–water partition coefficient (Wildman–Crippen LogP) is 2.22. The summed E-state index contributed by atoms with van der Waals surface area (Å²) >= 11 is 3.37. The lowest BCUT2D eigenvalue weighted by Gasteiger charge is -2.06. The second-order valence-corrected chi connectivity index (χ2v) is 5.49. The molecule has 5 nitrogen and oxygen atoms in total. The first-order valence-corrected chi connectivity index (χ1v) is 7.09. The average Bonchev–Trinajstić information content (AvgIpc) is 2.68. The fourth-order valence-electron chi connectivity index (χ4n) is 1.90. The van der Waals surface area contributed by atoms with Crippen LogP contribution in [0, 0.1) is 6.92 Å². The van der Waals surface area contributed by atoms with Crippen LogP contribution in [0.1, 0.15) is 11.3 Å². The van der Waals surface area contributed by atoms with E-state index in [2.05, 4.69) is 31.7 Å². The van der Waals surface area contributed by atoms with E-state index < -0.39 is 0 Å². The van der Waals surface area contributed by atoms with E-state index in [9.17, 15) is 4.79 Å². The van der Waals surface area contributed by atoms with Crippen LogP contribution in [0.15, 0.2) is 34.9 Å². The van der Waals surface area contributed by atoms with Gasteiger partial charge in [0.25, 0.3) is 0 Å². The van der Waals surface area contributed by atoms with Gasteiger partial charge in [-0.05, 0) is 25.1 Å². The molecule has 0 aliphatic heterocycles. The minimum atomic E-state index is -0.0651. The summed E-state index contributed by atoms with van der Waals surface area (Å²) in [6.45, 7) is 2.85. The normalized spacial score (nSPS) is 10.6. The van der Waals surface area contributed by atoms with E-state index in [1.165, 1.54) is 0 Å². The Kier molecular flexibility index (Phi) is 4.92. The number of hydrogen-bond donors (Lipinski definition) is 2. The van der Waals surface area contributed by atoms with E-state index in [-0.39, 0.29) is 12.5 Å². The number of amides is 1. The first-order chi connectivity index (χ1) is 9.54. The molecule has 106 valence electrons. The van der Waals surface area contributed by atoms with Crippen molar-refractivity contribution in [1.82, 2.24) is 15.1 Å². The molecule has 2 N–H and O–H groups in total. The fourth-order valence-corrected chi connectivity index (χ4v) is 2.30. The average molecular weight is 337 g/mol. The molecule has 20 heavy (non-hydrogen) atoms. The second-order valence-electron chi connectivity index (χ2n) is 4.58. The van der Waals surface area contributed by atoms with Gasteiger partial charge in [0.2, 0.25) is 5.91 Å². The summed E-state index contributed by atoms with van der Waals surface area (Å²) in [5.41, 5.74) is 2.86. The molecule has 0 aliphatic carbocycles. The SMILES string of the molecule is Cc1nn(C)cc1CNCC(=O)Nc1cccc(Br)c1. The number of aryl methyl sites for hydroxylation is 2. The third-order valence-electron chi connectivity index (χ3n) is 2.82. The molecule has 0 unspecified atom stereocenters. The molecular weight excluding hydrogens is 320 g/mol. The maximum atomic E-state index is 11.8. The van der Waals surface area contributed by atoms with Crippen LogP contribution >= 0.6 is 15.9 Å². The maximum absolute atomic E-state index is 11.8. The zero-order valence-corrected chi connectivity index (χ0v) is 13.1. The zero-order valence-electron chi connectivity index (χ0n) is 11.5. The van der Waals surface area contributed by atoms with E-state index in [1.807, 2.05) is 44.4 Å². The van der Waals surface area contributed by atoms with E-state index in [1.54, 1.807) is 4.68 Å². The largest absolute Gasteiger partial charge is 0.325 e. The fraction of sp³-hybridized carbons (Fsp3) is 0.286. The number of nitrogens with zero attached hydrogens (tertiary/aromatic N) is 2. The Bertz CT molecular complexity index is 609. The quantitative estimate of drug-likeness (QED) is 0.880. The van der Waals surface area contributed by atoms with E-state index in [0.29, 0.717) is 6.54 Å². The van der Waals surface area contributed by atoms with Crippen molar-refractivity contribution in [2.75, 3.05) is 11.9 Å². The number of carbonyl (C=O) groups is 1. The highest BCUT2D eigenvalue weighted by atomic mass is 79.9. The van der Waals surface area contributed by atoms with Gasteiger partial charge in [0, 0.05) is 35.5 Å². The Morgan fingerprint density at radius 2 is 2.25 bits per heavy atom. The van der Waals surface area contributed by atoms with E-state index in [4.69, 9.17) is 0 Å². The summed E-state index contributed by atoms with van der Waals surface area (Å²) in [5.74, 6) is -0.0651. The Morgan fingerprint density at radius 1 is 1.45 bits per heavy atom. The summed E-state index contributed by atoms with van der Waals surface area (Å²) in [6.07, 6.45) is 1.95. The van der Waals surface area contributed by atoms with Gasteiger partial charge in [-0.15, -0.1) is 0 Å². The van der Waals surface area contributed by atoms with Gasteiger partial charge in [-0.2, -0.15) is 5.10 Å². The monoisotopic (exact) mass is 336 g/mol. The molecule has 0 saturated carbocycles. The molecular formula is C14H17BrN4O. The van der Waals surface area contributed by atoms with Crippen LogP contribution in [0.25, 0.3) is 0 Å². The molecule has 0 radical (unpaired) electrons. The summed E-state index contributed by atoms with van der Waals surface area (Å²) in [5, 5.41) is 10.2. The van der Waals surface area contributed by atoms with Crippen molar-refractivity contribution >= 4 is 27.5 Å². The van der Waals surface area contributed by atoms with Crippen molar-refractivity contribution in [3.05, 3.63) is 46.2 Å². The van der Waals surface area contributed by atoms with Crippen molar-refractivity contribution in [3.8, 4) is 0 Å². The van der Waals surface area contributed by atoms with Crippen LogP contribution in [0.5, 0.6) is 0 Å². The Labute approximate surface area is 126 Å². The van der Waals surface area contributed by atoms with Crippen LogP contribution in [0.2, 0.25) is 0 Å². The molecule has 1 heterocycles. The van der Waals surface area contributed by atoms with Gasteiger partial charge >= 0.3 is 0 Å². The van der Waals surface area contributed by atoms with Gasteiger partial charge in [0.15, 0.2) is 0 Å². The van der Waals surface area contributed by atoms with Gasteiger partial charge in [-0.25, -0.2) is 0 Å². The number of benzene rings is 1. The molecule has 2 aromatic rings. The van der Waals surface area contributed by atoms with Gasteiger partial charge in [-0.3, -0.25) is 9.48 Å². The molecule has 0 spiro atoms. The molecule has 0 aliphatic rings. The van der Waals surface area contributed by atoms with Crippen LogP contribution in [-0.4, -0.2) is 22.2 Å². The summed E-state index contributed by atoms with van der Waals surface area (Å²) in [7, 11) is 1.89. The van der Waals surface area contributed by atoms with Gasteiger partial charge in [0.05, 0.1) is 12.2 Å². The zero-order chi connectivity index (χ0) is 14.5. The van der Waals surface area contributed by atoms with E-state index in [0.717, 1.165) is 21.4 Å². The highest BCUT2D eigenvalue weighted by Crippen LogP contribution is 2.15. The first kappa shape index (κ1) is 14.7. The maximum Gasteiger partial charge on any atom is 0.238 e. The molecule has 1 aromatic heterocycles. The minimum absolute atomic E-state index is 0.0651. The lowest BCUT2D eigenvalue weighted by molar-refractivity contribution is -0.115. The Morgan fingerprint density at radius 3 is 2.90 bits per heavy atom. The number of hydrogen-bond acceptors (Lipinski definition) is 3. The van der Waals surface area contributed by atoms with Gasteiger partial charge in [0.1, 0.15) is 0 Å². The van der Waals surface area contributed by atoms with Crippen molar-refractivity contribution in [2.45, 2.75) is 13.5 Å². The summed E-state index contributed by atoms with van der Waals surface area (Å²) in [4.78, 5) is 11.8. The summed E-state index contributed by atoms with van der Waals surface area (Å²) < 4.78 is 2.71. The molecule has 0 saturated heterocycles. The smallest absolute Gasteiger partial charge is 0.238 e. The third-order valence-corrected chi connectivity index (χ3v) is 3.32. The van der Waals surface area contributed by atoms with Crippen molar-refractivity contribution in [1.29, 1.82) is 0 Å². The van der Waals surface area contributed by atoms with Crippen molar-refractivity contribution in [3.63, 3.8) is 0 Å². The van der Waals surface area contributed by atoms with Crippen molar-refractivity contribution in [2.24, 2.45) is 7.05 Å². The van der Waals surface area contributed by atoms with Crippen LogP contribution in [-0.2, 0) is 18.4 Å². The topological polar surface area (TPSA) is 59.0 Å². The Balaban J connectivity index is 1.79. The molecule has 1 aromatic carbocycles. The summed E-state index contributed by atoms with van der Waals surface area (Å²) in [6, 6.07) is 7.52. The standard InChI is InChI=1S/C14H17BrN4O/c1-10-11(9-19(2)18-10)7-16-8-14(20)17-13-5-3-4-12(15)6-13/h3-6,9,16H,7-8H2,1-2H3,(H,17,20). The lowest BCUT2D eigenvalue weighted by Crippen LogP contribution is -2.27. The number of halogens is 1. The molecule has 2 rings (SSSR count). The number of nitrogens with one attached hydrogen (secondary N) is 2. The highest BCUT2D eigenvalue weighted by Gasteiger charge is 2.05.